The standard InChI is InChI=1S/C71H122N8O15/c1-21-23-26-47(13)65(86)53-41-60(83)63(46(11)12)78(20)69(90)51(35-42(3)4)39-59(82)56(37-44(7)8)75(17)68(89)49(15)73-66(87)48(14)38-58(81)55(36-43(5)6)76(18)70(91)52(45(9)10)40-61(84)64(77(19)62(85)28-27-57(80)54(22-2)74-67(53)88)50(16)94-32-25-24-29-72-71(92)79-30-33-93-34-31-79/h21,23,42-56,63-65,86H,22,24-41H2,1-20H3,(H,72,92)(H,73,87)(H,74,88)/b23-21+/t47-,48-,49-,50-,51-,52+,53+,54+,55+,56+,63+,64+,65-/m1/s1. The van der Waals surface area contributed by atoms with Crippen LogP contribution >= 0.6 is 0 Å². The van der Waals surface area contributed by atoms with Crippen molar-refractivity contribution in [3.05, 3.63) is 12.2 Å². The van der Waals surface area contributed by atoms with E-state index in [1.807, 2.05) is 54.5 Å². The third kappa shape index (κ3) is 26.2. The Morgan fingerprint density at radius 1 is 0.617 bits per heavy atom. The first-order valence-electron chi connectivity index (χ1n) is 34.7. The molecule has 0 unspecified atom stereocenters. The first-order valence-corrected chi connectivity index (χ1v) is 34.7. The van der Waals surface area contributed by atoms with Gasteiger partial charge in [-0.1, -0.05) is 102 Å². The van der Waals surface area contributed by atoms with Crippen molar-refractivity contribution in [3.63, 3.8) is 0 Å². The molecule has 0 aliphatic carbocycles. The highest BCUT2D eigenvalue weighted by atomic mass is 16.5. The lowest BCUT2D eigenvalue weighted by molar-refractivity contribution is -0.148. The van der Waals surface area contributed by atoms with Gasteiger partial charge >= 0.3 is 6.03 Å². The molecule has 0 aromatic carbocycles. The number of unbranched alkanes of at least 4 members (excludes halogenated alkanes) is 1. The van der Waals surface area contributed by atoms with Crippen LogP contribution in [0.4, 0.5) is 4.79 Å². The summed E-state index contributed by atoms with van der Waals surface area (Å²) in [4.78, 5) is 180. The number of nitrogens with one attached hydrogen (secondary N) is 3. The second-order valence-corrected chi connectivity index (χ2v) is 28.7. The number of rotatable bonds is 20. The van der Waals surface area contributed by atoms with Crippen LogP contribution in [0.25, 0.3) is 0 Å². The van der Waals surface area contributed by atoms with Crippen molar-refractivity contribution in [2.75, 3.05) is 67.6 Å². The maximum atomic E-state index is 15.0. The minimum atomic E-state index is -1.40. The number of carbonyl (C=O) groups excluding carboxylic acids is 12. The van der Waals surface area contributed by atoms with Gasteiger partial charge in [-0.25, -0.2) is 4.79 Å². The summed E-state index contributed by atoms with van der Waals surface area (Å²) >= 11 is 0. The molecule has 0 spiro atoms. The summed E-state index contributed by atoms with van der Waals surface area (Å²) < 4.78 is 11.6. The second-order valence-electron chi connectivity index (χ2n) is 28.7. The number of Topliss-reactive ketones (excluding diaryl/α,β-unsaturated/α-hetero) is 5. The van der Waals surface area contributed by atoms with Crippen molar-refractivity contribution < 1.29 is 72.1 Å². The van der Waals surface area contributed by atoms with Gasteiger partial charge in [-0.05, 0) is 101 Å². The van der Waals surface area contributed by atoms with Crippen molar-refractivity contribution in [1.29, 1.82) is 0 Å². The Kier molecular flexibility index (Phi) is 36.9. The molecule has 0 saturated carbocycles. The van der Waals surface area contributed by atoms with Gasteiger partial charge in [-0.15, -0.1) is 0 Å². The Morgan fingerprint density at radius 3 is 1.69 bits per heavy atom. The highest BCUT2D eigenvalue weighted by Crippen LogP contribution is 2.30. The maximum Gasteiger partial charge on any atom is 0.317 e. The molecule has 2 rings (SSSR count). The van der Waals surface area contributed by atoms with E-state index in [1.165, 1.54) is 54.7 Å². The Labute approximate surface area is 562 Å². The first kappa shape index (κ1) is 84.1. The predicted octanol–water partition coefficient (Wildman–Crippen LogP) is 7.02. The Morgan fingerprint density at radius 2 is 1.16 bits per heavy atom. The molecule has 0 bridgehead atoms. The number of ketones is 5. The van der Waals surface area contributed by atoms with Crippen LogP contribution in [0.3, 0.4) is 0 Å². The lowest BCUT2D eigenvalue weighted by atomic mass is 9.82. The molecule has 2 fully saturated rings. The van der Waals surface area contributed by atoms with Gasteiger partial charge < -0.3 is 55.0 Å². The molecule has 94 heavy (non-hydrogen) atoms. The predicted molar refractivity (Wildman–Crippen MR) is 362 cm³/mol. The molecule has 23 nitrogen and oxygen atoms in total. The van der Waals surface area contributed by atoms with Gasteiger partial charge in [0.05, 0.1) is 55.5 Å². The number of nitrogens with zero attached hydrogens (tertiary/aromatic N) is 5. The van der Waals surface area contributed by atoms with Gasteiger partial charge in [-0.3, -0.25) is 52.7 Å². The number of hydrogen-bond acceptors (Lipinski definition) is 15. The smallest absolute Gasteiger partial charge is 0.317 e. The van der Waals surface area contributed by atoms with Gasteiger partial charge in [0, 0.05) is 111 Å². The normalized spacial score (nSPS) is 26.7. The van der Waals surface area contributed by atoms with E-state index >= 15 is 4.79 Å². The molecule has 4 N–H and O–H groups in total. The van der Waals surface area contributed by atoms with E-state index in [4.69, 9.17) is 9.47 Å². The van der Waals surface area contributed by atoms with Crippen molar-refractivity contribution >= 4 is 70.4 Å². The molecular weight excluding hydrogens is 1200 g/mol. The van der Waals surface area contributed by atoms with Crippen LogP contribution in [-0.2, 0) is 62.2 Å². The van der Waals surface area contributed by atoms with E-state index in [9.17, 15) is 57.8 Å². The van der Waals surface area contributed by atoms with Crippen LogP contribution in [0.2, 0.25) is 0 Å². The molecule has 0 aromatic rings. The number of aliphatic hydroxyl groups is 1. The molecule has 2 aliphatic rings. The zero-order valence-electron chi connectivity index (χ0n) is 60.9. The van der Waals surface area contributed by atoms with Crippen LogP contribution in [0.1, 0.15) is 194 Å². The maximum absolute atomic E-state index is 15.0. The zero-order chi connectivity index (χ0) is 71.6. The lowest BCUT2D eigenvalue weighted by Crippen LogP contribution is -2.53. The molecule has 0 aromatic heterocycles. The zero-order valence-corrected chi connectivity index (χ0v) is 60.9. The van der Waals surface area contributed by atoms with E-state index in [2.05, 4.69) is 16.0 Å². The van der Waals surface area contributed by atoms with Crippen LogP contribution < -0.4 is 16.0 Å². The molecule has 23 heteroatoms. The van der Waals surface area contributed by atoms with E-state index in [0.29, 0.717) is 52.1 Å². The molecule has 2 saturated heterocycles. The second kappa shape index (κ2) is 41.2. The summed E-state index contributed by atoms with van der Waals surface area (Å²) in [6, 6.07) is -6.99. The fourth-order valence-corrected chi connectivity index (χ4v) is 12.8. The fourth-order valence-electron chi connectivity index (χ4n) is 12.8. The number of hydrogen-bond donors (Lipinski definition) is 4. The number of allylic oxidation sites excluding steroid dienone is 2. The van der Waals surface area contributed by atoms with Crippen LogP contribution in [0.15, 0.2) is 12.2 Å². The summed E-state index contributed by atoms with van der Waals surface area (Å²) in [5.41, 5.74) is 0. The molecular formula is C71H122N8O15. The number of ether oxygens (including phenoxy) is 2. The van der Waals surface area contributed by atoms with Gasteiger partial charge in [0.1, 0.15) is 12.1 Å². The quantitative estimate of drug-likeness (QED) is 0.0703. The minimum Gasteiger partial charge on any atom is -0.392 e. The third-order valence-corrected chi connectivity index (χ3v) is 18.6. The Balaban J connectivity index is 2.85. The van der Waals surface area contributed by atoms with Gasteiger partial charge in [0.2, 0.25) is 35.4 Å². The molecule has 536 valence electrons. The monoisotopic (exact) mass is 1330 g/mol. The number of likely N-dealkylation sites (N-methyl/N-ethyl adjacent to an activating group) is 4. The number of carbonyl (C=O) groups is 12. The van der Waals surface area contributed by atoms with Crippen molar-refractivity contribution in [2.24, 2.45) is 59.2 Å². The van der Waals surface area contributed by atoms with Crippen LogP contribution in [-0.4, -0.2) is 216 Å². The summed E-state index contributed by atoms with van der Waals surface area (Å²) in [7, 11) is 5.88. The van der Waals surface area contributed by atoms with E-state index in [0.717, 1.165) is 0 Å². The SMILES string of the molecule is C/C=C/C[C@@H](C)[C@@H](O)[C@@H]1CC(=O)[C@H](C(C)C)N(C)C(=O)[C@H](CC(C)C)CC(=O)[C@H](CC(C)C)N(C)C(=O)[C@@H](C)NC(=O)[C@H](C)CC(=O)[C@H](CC(C)C)N(C)C(=O)[C@H](C(C)C)CC(=O)[C@H]([C@@H](C)OCCCCNC(=O)N2CCOCC2)N(C)C(=O)CCC(=O)[C@H](CC)NC1=O. The minimum absolute atomic E-state index is 0.0713. The van der Waals surface area contributed by atoms with Crippen molar-refractivity contribution in [2.45, 2.75) is 243 Å². The van der Waals surface area contributed by atoms with E-state index in [-0.39, 0.29) is 81.8 Å². The van der Waals surface area contributed by atoms with E-state index < -0.39 is 167 Å². The number of aliphatic hydroxyl groups excluding tert-OH is 1. The van der Waals surface area contributed by atoms with E-state index in [1.54, 1.807) is 66.4 Å². The summed E-state index contributed by atoms with van der Waals surface area (Å²) in [6.45, 7) is 30.7. The summed E-state index contributed by atoms with van der Waals surface area (Å²) in [5, 5.41) is 20.4. The Bertz CT molecular complexity index is 2550. The van der Waals surface area contributed by atoms with Gasteiger partial charge in [0.15, 0.2) is 28.9 Å². The van der Waals surface area contributed by atoms with Crippen LogP contribution in [0, 0.1) is 59.2 Å². The molecule has 2 aliphatic heterocycles. The number of amides is 8. The van der Waals surface area contributed by atoms with Crippen LogP contribution in [0.5, 0.6) is 0 Å². The average Bonchev–Trinajstić information content (AvgIpc) is 0.839. The highest BCUT2D eigenvalue weighted by molar-refractivity contribution is 5.99. The summed E-state index contributed by atoms with van der Waals surface area (Å²) in [6.07, 6.45) is 1.11. The summed E-state index contributed by atoms with van der Waals surface area (Å²) in [5.74, 6) is -12.1. The van der Waals surface area contributed by atoms with Gasteiger partial charge in [0.25, 0.3) is 0 Å². The molecule has 8 amide bonds. The largest absolute Gasteiger partial charge is 0.392 e. The molecule has 0 radical (unpaired) electrons. The van der Waals surface area contributed by atoms with Crippen molar-refractivity contribution in [1.82, 2.24) is 40.4 Å². The third-order valence-electron chi connectivity index (χ3n) is 18.6. The number of urea groups is 1. The van der Waals surface area contributed by atoms with Crippen molar-refractivity contribution in [3.8, 4) is 0 Å². The molecule has 13 atom stereocenters. The topological polar surface area (TPSA) is 296 Å². The Hall–Kier alpha value is -5.94. The fraction of sp³-hybridized carbons (Fsp3) is 0.803. The molecule has 2 heterocycles. The highest BCUT2D eigenvalue weighted by Gasteiger charge is 2.43. The average molecular weight is 1330 g/mol. The first-order chi connectivity index (χ1) is 43.9. The lowest BCUT2D eigenvalue weighted by Gasteiger charge is -2.36. The number of morpholine rings is 1. The van der Waals surface area contributed by atoms with Gasteiger partial charge in [-0.2, -0.15) is 0 Å².